The number of aromatic nitrogens is 1. The van der Waals surface area contributed by atoms with Gasteiger partial charge in [-0.05, 0) is 73.6 Å². The minimum Gasteiger partial charge on any atom is -0.427 e. The van der Waals surface area contributed by atoms with Crippen LogP contribution in [0.1, 0.15) is 69.7 Å². The number of esters is 1. The van der Waals surface area contributed by atoms with Gasteiger partial charge >= 0.3 is 5.97 Å². The second-order valence-electron chi connectivity index (χ2n) is 10.6. The Bertz CT molecular complexity index is 1470. The number of hydrogen-bond donors (Lipinski definition) is 2. The highest BCUT2D eigenvalue weighted by Crippen LogP contribution is 2.45. The third-order valence-corrected chi connectivity index (χ3v) is 8.04. The summed E-state index contributed by atoms with van der Waals surface area (Å²) in [5.74, 6) is -0.217. The van der Waals surface area contributed by atoms with E-state index in [1.165, 1.54) is 0 Å². The minimum atomic E-state index is -1.42. The van der Waals surface area contributed by atoms with Crippen molar-refractivity contribution in [3.8, 4) is 5.75 Å². The number of carbonyl (C=O) groups excluding carboxylic acids is 3. The zero-order valence-corrected chi connectivity index (χ0v) is 22.9. The molecule has 0 bridgehead atoms. The molecule has 2 aliphatic heterocycles. The van der Waals surface area contributed by atoms with Crippen molar-refractivity contribution in [2.45, 2.75) is 71.4 Å². The molecule has 5 rings (SSSR count). The first-order valence-electron chi connectivity index (χ1n) is 13.7. The van der Waals surface area contributed by atoms with Crippen molar-refractivity contribution < 1.29 is 24.2 Å². The van der Waals surface area contributed by atoms with Crippen LogP contribution in [0.3, 0.4) is 0 Å². The molecule has 1 amide bonds. The van der Waals surface area contributed by atoms with Crippen molar-refractivity contribution >= 4 is 34.3 Å². The Kier molecular flexibility index (Phi) is 7.16. The molecule has 2 N–H and O–H groups in total. The zero-order chi connectivity index (χ0) is 27.9. The Morgan fingerprint density at radius 1 is 1.23 bits per heavy atom. The fraction of sp³-hybridized carbons (Fsp3) is 0.419. The van der Waals surface area contributed by atoms with Crippen molar-refractivity contribution in [2.75, 3.05) is 13.1 Å². The predicted molar refractivity (Wildman–Crippen MR) is 149 cm³/mol. The third-order valence-electron chi connectivity index (χ3n) is 8.04. The van der Waals surface area contributed by atoms with Crippen LogP contribution in [0.15, 0.2) is 47.6 Å². The van der Waals surface area contributed by atoms with Gasteiger partial charge in [-0.3, -0.25) is 14.4 Å². The monoisotopic (exact) mass is 529 g/mol. The molecular formula is C31H35N3O5. The van der Waals surface area contributed by atoms with Crippen molar-refractivity contribution in [1.29, 1.82) is 0 Å². The third kappa shape index (κ3) is 4.78. The standard InChI is InChI=1S/C31H35N3O5/c1-5-21-22-14-20(39-28(36)8-7-13-32-30(37)18(3)4)10-11-25(22)33-29-23(21)17-34-16-19-9-12-27(35)31(38,6-2)24(19)15-26(29)34/h10-11,14-15,38H,3,5-9,12-13,16-17H2,1-2,4H3,(H,32,37)/t31-/m0/s1. The first-order chi connectivity index (χ1) is 18.7. The summed E-state index contributed by atoms with van der Waals surface area (Å²) in [7, 11) is 0. The molecule has 8 nitrogen and oxygen atoms in total. The first-order valence-corrected chi connectivity index (χ1v) is 13.7. The number of aliphatic hydroxyl groups is 1. The van der Waals surface area contributed by atoms with Crippen LogP contribution < -0.4 is 10.1 Å². The van der Waals surface area contributed by atoms with Gasteiger partial charge in [0.2, 0.25) is 5.91 Å². The second-order valence-corrected chi connectivity index (χ2v) is 10.6. The van der Waals surface area contributed by atoms with E-state index in [2.05, 4.69) is 23.7 Å². The number of amides is 1. The number of aryl methyl sites for hydroxylation is 1. The number of ether oxygens (including phenoxy) is 1. The molecule has 0 saturated carbocycles. The number of Topliss-reactive ketones (excluding diaryl/α,β-unsaturated/α-hetero) is 1. The summed E-state index contributed by atoms with van der Waals surface area (Å²) in [5, 5.41) is 14.9. The molecule has 8 heteroatoms. The number of ketones is 1. The molecule has 1 aliphatic carbocycles. The van der Waals surface area contributed by atoms with Crippen LogP contribution in [-0.2, 0) is 27.3 Å². The predicted octanol–water partition coefficient (Wildman–Crippen LogP) is 4.15. The Balaban J connectivity index is 1.39. The van der Waals surface area contributed by atoms with Gasteiger partial charge in [0.1, 0.15) is 11.4 Å². The quantitative estimate of drug-likeness (QED) is 0.229. The van der Waals surface area contributed by atoms with Crippen LogP contribution in [0, 0.1) is 0 Å². The normalized spacial score (nSPS) is 19.8. The summed E-state index contributed by atoms with van der Waals surface area (Å²) in [6.45, 7) is 11.0. The smallest absolute Gasteiger partial charge is 0.311 e. The summed E-state index contributed by atoms with van der Waals surface area (Å²) >= 11 is 0. The summed E-state index contributed by atoms with van der Waals surface area (Å²) in [5.41, 5.74) is 5.84. The molecule has 1 aromatic heterocycles. The van der Waals surface area contributed by atoms with Crippen LogP contribution in [0.4, 0.5) is 0 Å². The fourth-order valence-electron chi connectivity index (χ4n) is 5.88. The van der Waals surface area contributed by atoms with E-state index in [1.807, 2.05) is 25.1 Å². The zero-order valence-electron chi connectivity index (χ0n) is 22.9. The summed E-state index contributed by atoms with van der Waals surface area (Å²) < 4.78 is 5.61. The van der Waals surface area contributed by atoms with E-state index in [4.69, 9.17) is 9.72 Å². The average Bonchev–Trinajstić information content (AvgIpc) is 3.27. The highest BCUT2D eigenvalue weighted by molar-refractivity contribution is 5.95. The van der Waals surface area contributed by atoms with Gasteiger partial charge in [-0.25, -0.2) is 4.98 Å². The van der Waals surface area contributed by atoms with Gasteiger partial charge in [0, 0.05) is 49.0 Å². The largest absolute Gasteiger partial charge is 0.427 e. The highest BCUT2D eigenvalue weighted by Gasteiger charge is 2.44. The van der Waals surface area contributed by atoms with Crippen LogP contribution in [0.2, 0.25) is 0 Å². The lowest BCUT2D eigenvalue weighted by molar-refractivity contribution is -0.135. The van der Waals surface area contributed by atoms with Gasteiger partial charge in [0.05, 0.1) is 16.9 Å². The number of benzene rings is 1. The van der Waals surface area contributed by atoms with Gasteiger partial charge in [-0.2, -0.15) is 0 Å². The van der Waals surface area contributed by atoms with E-state index in [9.17, 15) is 19.5 Å². The van der Waals surface area contributed by atoms with Gasteiger partial charge in [-0.15, -0.1) is 0 Å². The summed E-state index contributed by atoms with van der Waals surface area (Å²) in [6, 6.07) is 5.50. The molecule has 0 saturated heterocycles. The minimum absolute atomic E-state index is 0.105. The number of nitrogens with one attached hydrogen (secondary N) is 1. The molecule has 0 spiro atoms. The van der Waals surface area contributed by atoms with E-state index in [0.717, 1.165) is 51.0 Å². The van der Waals surface area contributed by atoms with Crippen molar-refractivity contribution in [2.24, 2.45) is 0 Å². The van der Waals surface area contributed by atoms with Crippen molar-refractivity contribution in [1.82, 2.24) is 15.2 Å². The molecule has 0 radical (unpaired) electrons. The number of pyridine rings is 1. The summed E-state index contributed by atoms with van der Waals surface area (Å²) in [4.78, 5) is 44.0. The molecule has 1 aromatic carbocycles. The van der Waals surface area contributed by atoms with E-state index in [0.29, 0.717) is 56.6 Å². The van der Waals surface area contributed by atoms with Crippen molar-refractivity contribution in [3.05, 3.63) is 64.4 Å². The van der Waals surface area contributed by atoms with Crippen molar-refractivity contribution in [3.63, 3.8) is 0 Å². The number of nitrogens with zero attached hydrogens (tertiary/aromatic N) is 2. The average molecular weight is 530 g/mol. The Labute approximate surface area is 228 Å². The van der Waals surface area contributed by atoms with Gasteiger partial charge in [0.15, 0.2) is 5.78 Å². The maximum atomic E-state index is 12.6. The Morgan fingerprint density at radius 3 is 2.74 bits per heavy atom. The molecule has 3 heterocycles. The number of hydrogen-bond acceptors (Lipinski definition) is 7. The lowest BCUT2D eigenvalue weighted by Crippen LogP contribution is -2.45. The number of fused-ring (bicyclic) bond motifs is 4. The van der Waals surface area contributed by atoms with Crippen LogP contribution >= 0.6 is 0 Å². The lowest BCUT2D eigenvalue weighted by atomic mass is 9.75. The maximum Gasteiger partial charge on any atom is 0.311 e. The molecule has 0 fully saturated rings. The number of carbonyl (C=O) groups is 3. The molecular weight excluding hydrogens is 494 g/mol. The maximum absolute atomic E-state index is 12.6. The number of rotatable bonds is 8. The molecule has 1 atom stereocenters. The van der Waals surface area contributed by atoms with E-state index >= 15 is 0 Å². The van der Waals surface area contributed by atoms with Gasteiger partial charge < -0.3 is 20.1 Å². The summed E-state index contributed by atoms with van der Waals surface area (Å²) in [6.07, 6.45) is 4.84. The SMILES string of the molecule is C=C(C)C(=O)NCCCC(=O)Oc1ccc2nc3c(c(CC)c2c1)CN1CC2=C(C=C31)[C@@](O)(CC)C(=O)CC2. The topological polar surface area (TPSA) is 109 Å². The molecule has 0 unspecified atom stereocenters. The highest BCUT2D eigenvalue weighted by atomic mass is 16.5. The molecule has 2 aromatic rings. The second kappa shape index (κ2) is 10.4. The molecule has 3 aliphatic rings. The lowest BCUT2D eigenvalue weighted by Gasteiger charge is -2.38. The first kappa shape index (κ1) is 26.8. The Morgan fingerprint density at radius 2 is 2.03 bits per heavy atom. The van der Waals surface area contributed by atoms with Crippen LogP contribution in [0.5, 0.6) is 5.75 Å². The van der Waals surface area contributed by atoms with Crippen LogP contribution in [-0.4, -0.2) is 51.3 Å². The van der Waals surface area contributed by atoms with E-state index in [-0.39, 0.29) is 24.1 Å². The van der Waals surface area contributed by atoms with Gasteiger partial charge in [-0.1, -0.05) is 20.4 Å². The van der Waals surface area contributed by atoms with Crippen LogP contribution in [0.25, 0.3) is 16.6 Å². The van der Waals surface area contributed by atoms with E-state index in [1.54, 1.807) is 13.0 Å². The van der Waals surface area contributed by atoms with Gasteiger partial charge in [0.25, 0.3) is 0 Å². The molecule has 39 heavy (non-hydrogen) atoms. The van der Waals surface area contributed by atoms with E-state index < -0.39 is 5.60 Å². The molecule has 204 valence electrons. The fourth-order valence-corrected chi connectivity index (χ4v) is 5.88. The Hall–Kier alpha value is -3.78.